The van der Waals surface area contributed by atoms with Crippen LogP contribution < -0.4 is 10.6 Å². The lowest BCUT2D eigenvalue weighted by Gasteiger charge is -2.05. The van der Waals surface area contributed by atoms with Crippen LogP contribution in [0.2, 0.25) is 0 Å². The monoisotopic (exact) mass is 193 g/mol. The largest absolute Gasteiger partial charge is 0.490 e. The molecule has 0 aliphatic heterocycles. The van der Waals surface area contributed by atoms with Crippen LogP contribution in [0.4, 0.5) is 0 Å². The molecule has 0 spiro atoms. The van der Waals surface area contributed by atoms with Gasteiger partial charge in [0.05, 0.1) is 12.7 Å². The van der Waals surface area contributed by atoms with E-state index in [0.717, 1.165) is 12.2 Å². The fourth-order valence-electron chi connectivity index (χ4n) is 1.29. The molecular formula is C11H15NO2. The Balaban J connectivity index is 1.88. The van der Waals surface area contributed by atoms with Crippen molar-refractivity contribution in [2.75, 3.05) is 6.61 Å². The summed E-state index contributed by atoms with van der Waals surface area (Å²) in [5.74, 6) is 5.92. The number of benzene rings is 1. The maximum Gasteiger partial charge on any atom is 0.119 e. The third kappa shape index (κ3) is 2.72. The van der Waals surface area contributed by atoms with E-state index in [-0.39, 0.29) is 0 Å². The summed E-state index contributed by atoms with van der Waals surface area (Å²) in [7, 11) is 0. The Morgan fingerprint density at radius 2 is 1.93 bits per heavy atom. The molecule has 0 heterocycles. The average Bonchev–Trinajstić information content (AvgIpc) is 3.01. The highest BCUT2D eigenvalue weighted by Gasteiger charge is 2.23. The van der Waals surface area contributed by atoms with Gasteiger partial charge in [-0.15, -0.1) is 0 Å². The molecule has 2 rings (SSSR count). The molecule has 1 saturated carbocycles. The Bertz CT molecular complexity index is 280. The summed E-state index contributed by atoms with van der Waals surface area (Å²) in [6.45, 7) is 0.558. The molecule has 1 aliphatic rings. The topological polar surface area (TPSA) is 44.5 Å². The van der Waals surface area contributed by atoms with Crippen molar-refractivity contribution in [1.82, 2.24) is 0 Å². The average molecular weight is 193 g/mol. The molecule has 76 valence electrons. The van der Waals surface area contributed by atoms with Crippen molar-refractivity contribution >= 4 is 0 Å². The van der Waals surface area contributed by atoms with E-state index in [1.54, 1.807) is 0 Å². The molecule has 3 nitrogen and oxygen atoms in total. The maximum absolute atomic E-state index is 5.63. The van der Waals surface area contributed by atoms with E-state index in [2.05, 4.69) is 17.0 Å². The summed E-state index contributed by atoms with van der Waals surface area (Å²) in [4.78, 5) is 4.52. The van der Waals surface area contributed by atoms with E-state index in [0.29, 0.717) is 12.7 Å². The highest BCUT2D eigenvalue weighted by Crippen LogP contribution is 2.26. The lowest BCUT2D eigenvalue weighted by molar-refractivity contribution is 0.141. The van der Waals surface area contributed by atoms with Crippen LogP contribution in [0.1, 0.15) is 18.4 Å². The molecule has 2 N–H and O–H groups in total. The van der Waals surface area contributed by atoms with Crippen LogP contribution >= 0.6 is 0 Å². The predicted octanol–water partition coefficient (Wildman–Crippen LogP) is 1.66. The standard InChI is InChI=1S/C11H15NO2/c12-13-8-7-9-1-3-10(4-2-9)14-11-5-6-11/h1-4,11H,5-8,12H2. The molecule has 0 amide bonds. The highest BCUT2D eigenvalue weighted by molar-refractivity contribution is 5.27. The first-order chi connectivity index (χ1) is 6.88. The van der Waals surface area contributed by atoms with Gasteiger partial charge >= 0.3 is 0 Å². The lowest BCUT2D eigenvalue weighted by atomic mass is 10.1. The number of nitrogens with two attached hydrogens (primary N) is 1. The minimum Gasteiger partial charge on any atom is -0.490 e. The minimum atomic E-state index is 0.466. The van der Waals surface area contributed by atoms with Gasteiger partial charge in [-0.25, -0.2) is 5.90 Å². The van der Waals surface area contributed by atoms with Crippen molar-refractivity contribution in [2.45, 2.75) is 25.4 Å². The molecule has 1 fully saturated rings. The molecule has 14 heavy (non-hydrogen) atoms. The van der Waals surface area contributed by atoms with Crippen LogP contribution in [0.25, 0.3) is 0 Å². The van der Waals surface area contributed by atoms with E-state index < -0.39 is 0 Å². The molecule has 1 aromatic carbocycles. The van der Waals surface area contributed by atoms with Gasteiger partial charge in [0.2, 0.25) is 0 Å². The quantitative estimate of drug-likeness (QED) is 0.723. The third-order valence-electron chi connectivity index (χ3n) is 2.26. The molecule has 0 bridgehead atoms. The first-order valence-electron chi connectivity index (χ1n) is 4.96. The number of hydrogen-bond donors (Lipinski definition) is 1. The normalized spacial score (nSPS) is 15.5. The van der Waals surface area contributed by atoms with Crippen molar-refractivity contribution in [3.8, 4) is 5.75 Å². The van der Waals surface area contributed by atoms with Gasteiger partial charge < -0.3 is 9.57 Å². The maximum atomic E-state index is 5.63. The summed E-state index contributed by atoms with van der Waals surface area (Å²) in [6.07, 6.45) is 3.71. The summed E-state index contributed by atoms with van der Waals surface area (Å²) >= 11 is 0. The van der Waals surface area contributed by atoms with Gasteiger partial charge in [0.25, 0.3) is 0 Å². The zero-order chi connectivity index (χ0) is 9.80. The second-order valence-electron chi connectivity index (χ2n) is 3.58. The Morgan fingerprint density at radius 3 is 2.50 bits per heavy atom. The predicted molar refractivity (Wildman–Crippen MR) is 53.9 cm³/mol. The van der Waals surface area contributed by atoms with E-state index >= 15 is 0 Å². The van der Waals surface area contributed by atoms with Crippen molar-refractivity contribution in [1.29, 1.82) is 0 Å². The first-order valence-corrected chi connectivity index (χ1v) is 4.96. The summed E-state index contributed by atoms with van der Waals surface area (Å²) in [6, 6.07) is 8.11. The number of ether oxygens (including phenoxy) is 1. The Labute approximate surface area is 83.8 Å². The van der Waals surface area contributed by atoms with Gasteiger partial charge in [-0.2, -0.15) is 0 Å². The first kappa shape index (κ1) is 9.49. The molecule has 0 saturated heterocycles. The highest BCUT2D eigenvalue weighted by atomic mass is 16.6. The Hall–Kier alpha value is -1.06. The van der Waals surface area contributed by atoms with Crippen LogP contribution in [0.15, 0.2) is 24.3 Å². The number of hydrogen-bond acceptors (Lipinski definition) is 3. The smallest absolute Gasteiger partial charge is 0.119 e. The number of rotatable bonds is 5. The summed E-state index contributed by atoms with van der Waals surface area (Å²) in [5.41, 5.74) is 1.22. The molecule has 0 atom stereocenters. The van der Waals surface area contributed by atoms with Gasteiger partial charge in [0, 0.05) is 0 Å². The van der Waals surface area contributed by atoms with E-state index in [4.69, 9.17) is 10.6 Å². The van der Waals surface area contributed by atoms with Gasteiger partial charge in [0.15, 0.2) is 0 Å². The van der Waals surface area contributed by atoms with Crippen LogP contribution in [-0.4, -0.2) is 12.7 Å². The summed E-state index contributed by atoms with van der Waals surface area (Å²) in [5, 5.41) is 0. The Kier molecular flexibility index (Phi) is 3.01. The minimum absolute atomic E-state index is 0.466. The van der Waals surface area contributed by atoms with Gasteiger partial charge in [-0.05, 0) is 37.0 Å². The van der Waals surface area contributed by atoms with E-state index in [1.807, 2.05) is 12.1 Å². The van der Waals surface area contributed by atoms with Crippen molar-refractivity contribution in [2.24, 2.45) is 5.90 Å². The fourth-order valence-corrected chi connectivity index (χ4v) is 1.29. The SMILES string of the molecule is NOCCc1ccc(OC2CC2)cc1. The zero-order valence-electron chi connectivity index (χ0n) is 8.11. The van der Waals surface area contributed by atoms with Crippen LogP contribution in [0.5, 0.6) is 5.75 Å². The van der Waals surface area contributed by atoms with Crippen LogP contribution in [0.3, 0.4) is 0 Å². The van der Waals surface area contributed by atoms with Gasteiger partial charge in [0.1, 0.15) is 5.75 Å². The van der Waals surface area contributed by atoms with Crippen LogP contribution in [0, 0.1) is 0 Å². The molecule has 0 aromatic heterocycles. The molecule has 3 heteroatoms. The molecule has 0 radical (unpaired) electrons. The van der Waals surface area contributed by atoms with Crippen LogP contribution in [-0.2, 0) is 11.3 Å². The lowest BCUT2D eigenvalue weighted by Crippen LogP contribution is -2.03. The summed E-state index contributed by atoms with van der Waals surface area (Å²) < 4.78 is 5.63. The van der Waals surface area contributed by atoms with Gasteiger partial charge in [-0.3, -0.25) is 0 Å². The van der Waals surface area contributed by atoms with Crippen molar-refractivity contribution < 1.29 is 9.57 Å². The molecular weight excluding hydrogens is 178 g/mol. The Morgan fingerprint density at radius 1 is 1.21 bits per heavy atom. The molecule has 1 aliphatic carbocycles. The second kappa shape index (κ2) is 4.44. The van der Waals surface area contributed by atoms with E-state index in [1.165, 1.54) is 18.4 Å². The van der Waals surface area contributed by atoms with Gasteiger partial charge in [-0.1, -0.05) is 12.1 Å². The molecule has 1 aromatic rings. The molecule has 0 unspecified atom stereocenters. The second-order valence-corrected chi connectivity index (χ2v) is 3.58. The van der Waals surface area contributed by atoms with Crippen molar-refractivity contribution in [3.05, 3.63) is 29.8 Å². The zero-order valence-corrected chi connectivity index (χ0v) is 8.11. The third-order valence-corrected chi connectivity index (χ3v) is 2.26. The van der Waals surface area contributed by atoms with Crippen molar-refractivity contribution in [3.63, 3.8) is 0 Å². The van der Waals surface area contributed by atoms with E-state index in [9.17, 15) is 0 Å². The fraction of sp³-hybridized carbons (Fsp3) is 0.455.